The molecule has 0 radical (unpaired) electrons. The van der Waals surface area contributed by atoms with Crippen LogP contribution < -0.4 is 11.1 Å². The molecule has 0 bridgehead atoms. The van der Waals surface area contributed by atoms with E-state index in [9.17, 15) is 14.7 Å². The number of aliphatic carboxylic acids is 1. The van der Waals surface area contributed by atoms with Gasteiger partial charge in [0.15, 0.2) is 0 Å². The first-order chi connectivity index (χ1) is 9.85. The van der Waals surface area contributed by atoms with Crippen molar-refractivity contribution in [3.63, 3.8) is 0 Å². The summed E-state index contributed by atoms with van der Waals surface area (Å²) < 4.78 is 0. The van der Waals surface area contributed by atoms with Crippen LogP contribution in [0, 0.1) is 12.8 Å². The Morgan fingerprint density at radius 3 is 2.57 bits per heavy atom. The predicted octanol–water partition coefficient (Wildman–Crippen LogP) is 1.93. The Kier molecular flexibility index (Phi) is 4.16. The first kappa shape index (κ1) is 15.3. The van der Waals surface area contributed by atoms with E-state index in [1.54, 1.807) is 19.2 Å². The Morgan fingerprint density at radius 1 is 1.43 bits per heavy atom. The molecule has 2 rings (SSSR count). The van der Waals surface area contributed by atoms with Crippen LogP contribution in [0.15, 0.2) is 12.3 Å². The van der Waals surface area contributed by atoms with E-state index >= 15 is 0 Å². The minimum Gasteiger partial charge on any atom is -0.480 e. The summed E-state index contributed by atoms with van der Waals surface area (Å²) in [5, 5.41) is 12.6. The molecule has 1 amide bonds. The number of hydrogen-bond donors (Lipinski definition) is 3. The lowest BCUT2D eigenvalue weighted by molar-refractivity contribution is -0.143. The molecule has 114 valence electrons. The second kappa shape index (κ2) is 5.71. The van der Waals surface area contributed by atoms with E-state index in [1.165, 1.54) is 0 Å². The Hall–Kier alpha value is -2.11. The summed E-state index contributed by atoms with van der Waals surface area (Å²) in [6.07, 6.45) is 4.23. The number of anilines is 1. The van der Waals surface area contributed by atoms with E-state index in [1.807, 2.05) is 0 Å². The van der Waals surface area contributed by atoms with Gasteiger partial charge in [0, 0.05) is 6.20 Å². The molecule has 0 spiro atoms. The molecule has 0 atom stereocenters. The first-order valence-electron chi connectivity index (χ1n) is 7.13. The second-order valence-corrected chi connectivity index (χ2v) is 5.91. The molecule has 0 aromatic carbocycles. The van der Waals surface area contributed by atoms with Crippen molar-refractivity contribution in [2.24, 2.45) is 11.7 Å². The van der Waals surface area contributed by atoms with Gasteiger partial charge in [0.25, 0.3) is 5.91 Å². The van der Waals surface area contributed by atoms with Crippen LogP contribution in [-0.2, 0) is 4.79 Å². The fourth-order valence-electron chi connectivity index (χ4n) is 2.84. The van der Waals surface area contributed by atoms with Crippen LogP contribution in [0.2, 0.25) is 0 Å². The number of carbonyl (C=O) groups is 2. The maximum absolute atomic E-state index is 11.7. The van der Waals surface area contributed by atoms with Gasteiger partial charge in [-0.05, 0) is 50.2 Å². The number of hydrogen-bond acceptors (Lipinski definition) is 4. The fourth-order valence-corrected chi connectivity index (χ4v) is 2.84. The molecule has 1 fully saturated rings. The third-order valence-electron chi connectivity index (χ3n) is 4.30. The van der Waals surface area contributed by atoms with Crippen molar-refractivity contribution in [1.82, 2.24) is 4.98 Å². The number of pyridine rings is 1. The molecule has 4 N–H and O–H groups in total. The Morgan fingerprint density at radius 2 is 2.05 bits per heavy atom. The fraction of sp³-hybridized carbons (Fsp3) is 0.533. The van der Waals surface area contributed by atoms with E-state index in [0.717, 1.165) is 12.8 Å². The third kappa shape index (κ3) is 2.99. The number of aryl methyl sites for hydroxylation is 1. The predicted molar refractivity (Wildman–Crippen MR) is 79.1 cm³/mol. The van der Waals surface area contributed by atoms with E-state index in [4.69, 9.17) is 5.73 Å². The number of primary amides is 1. The molecule has 0 saturated heterocycles. The summed E-state index contributed by atoms with van der Waals surface area (Å²) >= 11 is 0. The molecule has 1 heterocycles. The number of nitrogens with zero attached hydrogens (tertiary/aromatic N) is 1. The van der Waals surface area contributed by atoms with Crippen molar-refractivity contribution in [1.29, 1.82) is 0 Å². The van der Waals surface area contributed by atoms with Gasteiger partial charge in [0.05, 0.1) is 5.56 Å². The van der Waals surface area contributed by atoms with E-state index in [2.05, 4.69) is 17.2 Å². The van der Waals surface area contributed by atoms with Crippen molar-refractivity contribution < 1.29 is 14.7 Å². The molecule has 21 heavy (non-hydrogen) atoms. The van der Waals surface area contributed by atoms with Crippen molar-refractivity contribution in [3.05, 3.63) is 23.4 Å². The van der Waals surface area contributed by atoms with Gasteiger partial charge in [-0.15, -0.1) is 0 Å². The second-order valence-electron chi connectivity index (χ2n) is 5.91. The summed E-state index contributed by atoms with van der Waals surface area (Å²) in [5.74, 6) is -0.735. The monoisotopic (exact) mass is 291 g/mol. The van der Waals surface area contributed by atoms with Gasteiger partial charge >= 0.3 is 5.97 Å². The van der Waals surface area contributed by atoms with Gasteiger partial charge in [-0.2, -0.15) is 0 Å². The Bertz CT molecular complexity index is 563. The van der Waals surface area contributed by atoms with Crippen LogP contribution in [0.1, 0.15) is 48.5 Å². The summed E-state index contributed by atoms with van der Waals surface area (Å²) in [6.45, 7) is 3.87. The van der Waals surface area contributed by atoms with Crippen LogP contribution in [0.3, 0.4) is 0 Å². The van der Waals surface area contributed by atoms with Crippen LogP contribution >= 0.6 is 0 Å². The Balaban J connectivity index is 2.37. The van der Waals surface area contributed by atoms with Gasteiger partial charge < -0.3 is 16.2 Å². The number of carboxylic acid groups (broad SMARTS) is 1. The molecule has 0 aliphatic heterocycles. The average molecular weight is 291 g/mol. The normalized spacial score (nSPS) is 25.3. The quantitative estimate of drug-likeness (QED) is 0.786. The molecule has 6 heteroatoms. The van der Waals surface area contributed by atoms with E-state index in [-0.39, 0.29) is 11.4 Å². The first-order valence-corrected chi connectivity index (χ1v) is 7.13. The highest BCUT2D eigenvalue weighted by Gasteiger charge is 2.42. The molecule has 6 nitrogen and oxygen atoms in total. The largest absolute Gasteiger partial charge is 0.480 e. The van der Waals surface area contributed by atoms with Gasteiger partial charge in [-0.1, -0.05) is 6.92 Å². The van der Waals surface area contributed by atoms with E-state index < -0.39 is 17.4 Å². The number of amides is 1. The maximum Gasteiger partial charge on any atom is 0.329 e. The smallest absolute Gasteiger partial charge is 0.329 e. The zero-order chi connectivity index (χ0) is 15.6. The summed E-state index contributed by atoms with van der Waals surface area (Å²) in [5.41, 5.74) is 5.27. The van der Waals surface area contributed by atoms with Crippen LogP contribution in [0.4, 0.5) is 5.82 Å². The number of carboxylic acids is 1. The molecule has 1 saturated carbocycles. The van der Waals surface area contributed by atoms with Crippen molar-refractivity contribution >= 4 is 17.7 Å². The van der Waals surface area contributed by atoms with Gasteiger partial charge in [0.2, 0.25) is 0 Å². The highest BCUT2D eigenvalue weighted by molar-refractivity contribution is 5.99. The number of rotatable bonds is 4. The minimum absolute atomic E-state index is 0.261. The molecular formula is C15H21N3O3. The lowest BCUT2D eigenvalue weighted by Crippen LogP contribution is -2.49. The van der Waals surface area contributed by atoms with Gasteiger partial charge in [-0.3, -0.25) is 4.79 Å². The highest BCUT2D eigenvalue weighted by Crippen LogP contribution is 2.35. The lowest BCUT2D eigenvalue weighted by Gasteiger charge is -2.37. The molecule has 0 unspecified atom stereocenters. The summed E-state index contributed by atoms with van der Waals surface area (Å²) in [7, 11) is 0. The molecule has 1 aromatic rings. The zero-order valence-corrected chi connectivity index (χ0v) is 12.3. The maximum atomic E-state index is 11.7. The molecule has 1 aliphatic carbocycles. The number of aromatic nitrogens is 1. The SMILES string of the molecule is Cc1ccnc(NC2(C(=O)O)CCC(C)CC2)c1C(N)=O. The van der Waals surface area contributed by atoms with Crippen molar-refractivity contribution in [3.8, 4) is 0 Å². The molecule has 1 aromatic heterocycles. The van der Waals surface area contributed by atoms with Crippen LogP contribution in [0.5, 0.6) is 0 Å². The van der Waals surface area contributed by atoms with Gasteiger partial charge in [-0.25, -0.2) is 9.78 Å². The van der Waals surface area contributed by atoms with Gasteiger partial charge in [0.1, 0.15) is 11.4 Å². The standard InChI is InChI=1S/C15H21N3O3/c1-9-3-6-15(7-4-9,14(20)21)18-13-11(12(16)19)10(2)5-8-17-13/h5,8-9H,3-4,6-7H2,1-2H3,(H2,16,19)(H,17,18)(H,20,21). The highest BCUT2D eigenvalue weighted by atomic mass is 16.4. The minimum atomic E-state index is -1.07. The Labute approximate surface area is 123 Å². The molecular weight excluding hydrogens is 270 g/mol. The number of carbonyl (C=O) groups excluding carboxylic acids is 1. The third-order valence-corrected chi connectivity index (χ3v) is 4.30. The van der Waals surface area contributed by atoms with Crippen LogP contribution in [0.25, 0.3) is 0 Å². The topological polar surface area (TPSA) is 105 Å². The lowest BCUT2D eigenvalue weighted by atomic mass is 9.77. The summed E-state index contributed by atoms with van der Waals surface area (Å²) in [6, 6.07) is 1.68. The van der Waals surface area contributed by atoms with Crippen molar-refractivity contribution in [2.45, 2.75) is 45.1 Å². The summed E-state index contributed by atoms with van der Waals surface area (Å²) in [4.78, 5) is 27.5. The van der Waals surface area contributed by atoms with Crippen molar-refractivity contribution in [2.75, 3.05) is 5.32 Å². The number of nitrogens with two attached hydrogens (primary N) is 1. The van der Waals surface area contributed by atoms with E-state index in [0.29, 0.717) is 24.3 Å². The average Bonchev–Trinajstić information content (AvgIpc) is 2.41. The number of nitrogens with one attached hydrogen (secondary N) is 1. The zero-order valence-electron chi connectivity index (χ0n) is 12.3. The van der Waals surface area contributed by atoms with Crippen LogP contribution in [-0.4, -0.2) is 27.5 Å². The molecule has 1 aliphatic rings.